The van der Waals surface area contributed by atoms with E-state index in [0.717, 1.165) is 5.56 Å². The van der Waals surface area contributed by atoms with Gasteiger partial charge in [0.1, 0.15) is 0 Å². The number of hydrogen-bond acceptors (Lipinski definition) is 2. The molecule has 0 fully saturated rings. The van der Waals surface area contributed by atoms with Crippen LogP contribution in [0.25, 0.3) is 0 Å². The summed E-state index contributed by atoms with van der Waals surface area (Å²) in [6.45, 7) is 0.378. The number of aromatic amines is 1. The molecule has 0 atom stereocenters. The smallest absolute Gasteiger partial charge is 0.270 e. The SMILES string of the molecule is O=c1c(CCO)c[nH]n1Cc1ccccc1Cl. The predicted molar refractivity (Wildman–Crippen MR) is 66.4 cm³/mol. The Labute approximate surface area is 103 Å². The molecule has 0 aliphatic rings. The first-order chi connectivity index (χ1) is 8.22. The van der Waals surface area contributed by atoms with Crippen LogP contribution in [-0.4, -0.2) is 21.5 Å². The quantitative estimate of drug-likeness (QED) is 0.865. The molecule has 0 saturated heterocycles. The van der Waals surface area contributed by atoms with E-state index < -0.39 is 0 Å². The summed E-state index contributed by atoms with van der Waals surface area (Å²) in [4.78, 5) is 11.9. The Kier molecular flexibility index (Phi) is 3.66. The second-order valence-corrected chi connectivity index (χ2v) is 4.16. The van der Waals surface area contributed by atoms with Crippen molar-refractivity contribution >= 4 is 11.6 Å². The monoisotopic (exact) mass is 252 g/mol. The van der Waals surface area contributed by atoms with Crippen LogP contribution in [-0.2, 0) is 13.0 Å². The summed E-state index contributed by atoms with van der Waals surface area (Å²) >= 11 is 6.03. The topological polar surface area (TPSA) is 58.0 Å². The second kappa shape index (κ2) is 5.21. The number of benzene rings is 1. The number of nitrogens with zero attached hydrogens (tertiary/aromatic N) is 1. The molecule has 5 heteroatoms. The summed E-state index contributed by atoms with van der Waals surface area (Å²) < 4.78 is 1.48. The molecule has 2 N–H and O–H groups in total. The Morgan fingerprint density at radius 1 is 1.29 bits per heavy atom. The van der Waals surface area contributed by atoms with Crippen LogP contribution >= 0.6 is 11.6 Å². The zero-order valence-corrected chi connectivity index (χ0v) is 9.94. The maximum absolute atomic E-state index is 11.9. The Morgan fingerprint density at radius 2 is 2.06 bits per heavy atom. The molecule has 1 heterocycles. The van der Waals surface area contributed by atoms with Crippen LogP contribution in [0.4, 0.5) is 0 Å². The maximum atomic E-state index is 11.9. The van der Waals surface area contributed by atoms with E-state index in [9.17, 15) is 4.79 Å². The lowest BCUT2D eigenvalue weighted by Crippen LogP contribution is -2.20. The molecule has 4 nitrogen and oxygen atoms in total. The highest BCUT2D eigenvalue weighted by Crippen LogP contribution is 2.15. The number of halogens is 1. The first-order valence-corrected chi connectivity index (χ1v) is 5.71. The van der Waals surface area contributed by atoms with Crippen molar-refractivity contribution < 1.29 is 5.11 Å². The van der Waals surface area contributed by atoms with Crippen molar-refractivity contribution in [3.05, 3.63) is 57.0 Å². The van der Waals surface area contributed by atoms with Crippen LogP contribution in [0.2, 0.25) is 5.02 Å². The fourth-order valence-electron chi connectivity index (χ4n) is 1.66. The minimum atomic E-state index is -0.112. The number of H-pyrrole nitrogens is 1. The minimum Gasteiger partial charge on any atom is -0.396 e. The lowest BCUT2D eigenvalue weighted by molar-refractivity contribution is 0.299. The lowest BCUT2D eigenvalue weighted by Gasteiger charge is -2.03. The van der Waals surface area contributed by atoms with Gasteiger partial charge in [0, 0.05) is 29.8 Å². The first kappa shape index (κ1) is 12.0. The van der Waals surface area contributed by atoms with Gasteiger partial charge in [0.05, 0.1) is 6.54 Å². The molecule has 0 saturated carbocycles. The summed E-state index contributed by atoms with van der Waals surface area (Å²) in [5, 5.41) is 12.3. The fourth-order valence-corrected chi connectivity index (χ4v) is 1.86. The van der Waals surface area contributed by atoms with Gasteiger partial charge < -0.3 is 10.2 Å². The van der Waals surface area contributed by atoms with E-state index in [4.69, 9.17) is 16.7 Å². The van der Waals surface area contributed by atoms with E-state index in [1.165, 1.54) is 4.68 Å². The number of aliphatic hydroxyl groups excluding tert-OH is 1. The van der Waals surface area contributed by atoms with Crippen LogP contribution in [0.1, 0.15) is 11.1 Å². The van der Waals surface area contributed by atoms with Gasteiger partial charge in [0.15, 0.2) is 0 Å². The van der Waals surface area contributed by atoms with Crippen LogP contribution in [0, 0.1) is 0 Å². The van der Waals surface area contributed by atoms with Crippen molar-refractivity contribution in [2.75, 3.05) is 6.61 Å². The molecule has 0 aliphatic carbocycles. The molecule has 1 aromatic heterocycles. The van der Waals surface area contributed by atoms with Crippen LogP contribution < -0.4 is 5.56 Å². The molecule has 2 rings (SSSR count). The van der Waals surface area contributed by atoms with E-state index in [2.05, 4.69) is 5.10 Å². The summed E-state index contributed by atoms with van der Waals surface area (Å²) in [6.07, 6.45) is 1.99. The van der Waals surface area contributed by atoms with E-state index in [1.807, 2.05) is 18.2 Å². The van der Waals surface area contributed by atoms with Crippen molar-refractivity contribution in [2.24, 2.45) is 0 Å². The zero-order valence-electron chi connectivity index (χ0n) is 9.19. The molecule has 0 aliphatic heterocycles. The number of hydrogen-bond donors (Lipinski definition) is 2. The summed E-state index contributed by atoms with van der Waals surface area (Å²) in [7, 11) is 0. The van der Waals surface area contributed by atoms with Gasteiger partial charge in [-0.15, -0.1) is 0 Å². The largest absolute Gasteiger partial charge is 0.396 e. The van der Waals surface area contributed by atoms with Crippen molar-refractivity contribution in [1.29, 1.82) is 0 Å². The summed E-state index contributed by atoms with van der Waals surface area (Å²) in [5.41, 5.74) is 1.35. The van der Waals surface area contributed by atoms with E-state index in [0.29, 0.717) is 23.6 Å². The molecule has 2 aromatic rings. The molecular weight excluding hydrogens is 240 g/mol. The van der Waals surface area contributed by atoms with Crippen LogP contribution in [0.5, 0.6) is 0 Å². The first-order valence-electron chi connectivity index (χ1n) is 5.33. The molecule has 90 valence electrons. The lowest BCUT2D eigenvalue weighted by atomic mass is 10.2. The van der Waals surface area contributed by atoms with Gasteiger partial charge >= 0.3 is 0 Å². The third-order valence-corrected chi connectivity index (χ3v) is 2.95. The van der Waals surface area contributed by atoms with Gasteiger partial charge in [-0.05, 0) is 11.6 Å². The molecule has 0 radical (unpaired) electrons. The third-order valence-electron chi connectivity index (χ3n) is 2.58. The van der Waals surface area contributed by atoms with Crippen LogP contribution in [0.3, 0.4) is 0 Å². The molecule has 0 amide bonds. The van der Waals surface area contributed by atoms with Gasteiger partial charge in [0.25, 0.3) is 5.56 Å². The van der Waals surface area contributed by atoms with Gasteiger partial charge in [-0.1, -0.05) is 29.8 Å². The zero-order chi connectivity index (χ0) is 12.3. The minimum absolute atomic E-state index is 0.0286. The summed E-state index contributed by atoms with van der Waals surface area (Å²) in [5.74, 6) is 0. The molecule has 0 spiro atoms. The van der Waals surface area contributed by atoms with Crippen LogP contribution in [0.15, 0.2) is 35.3 Å². The van der Waals surface area contributed by atoms with Gasteiger partial charge in [-0.2, -0.15) is 0 Å². The molecule has 1 aromatic carbocycles. The van der Waals surface area contributed by atoms with Crippen molar-refractivity contribution in [3.63, 3.8) is 0 Å². The number of aromatic nitrogens is 2. The normalized spacial score (nSPS) is 10.7. The van der Waals surface area contributed by atoms with E-state index in [1.54, 1.807) is 12.3 Å². The van der Waals surface area contributed by atoms with Crippen molar-refractivity contribution in [1.82, 2.24) is 9.78 Å². The molecule has 0 bridgehead atoms. The molecule has 17 heavy (non-hydrogen) atoms. The predicted octanol–water partition coefficient (Wildman–Crippen LogP) is 1.41. The number of rotatable bonds is 4. The van der Waals surface area contributed by atoms with Gasteiger partial charge in [-0.3, -0.25) is 4.79 Å². The highest BCUT2D eigenvalue weighted by molar-refractivity contribution is 6.31. The molecule has 0 unspecified atom stereocenters. The standard InChI is InChI=1S/C12H13ClN2O2/c13-11-4-2-1-3-10(11)8-15-12(17)9(5-6-16)7-14-15/h1-4,7,14,16H,5-6,8H2. The number of aliphatic hydroxyl groups is 1. The average Bonchev–Trinajstić information content (AvgIpc) is 2.65. The van der Waals surface area contributed by atoms with E-state index in [-0.39, 0.29) is 12.2 Å². The van der Waals surface area contributed by atoms with Gasteiger partial charge in [-0.25, -0.2) is 4.68 Å². The van der Waals surface area contributed by atoms with E-state index >= 15 is 0 Å². The maximum Gasteiger partial charge on any atom is 0.270 e. The van der Waals surface area contributed by atoms with Crippen molar-refractivity contribution in [3.8, 4) is 0 Å². The third kappa shape index (κ3) is 2.60. The highest BCUT2D eigenvalue weighted by Gasteiger charge is 2.07. The summed E-state index contributed by atoms with van der Waals surface area (Å²) in [6, 6.07) is 7.39. The average molecular weight is 253 g/mol. The Hall–Kier alpha value is -1.52. The Morgan fingerprint density at radius 3 is 2.76 bits per heavy atom. The highest BCUT2D eigenvalue weighted by atomic mass is 35.5. The van der Waals surface area contributed by atoms with Crippen molar-refractivity contribution in [2.45, 2.75) is 13.0 Å². The molecular formula is C12H13ClN2O2. The second-order valence-electron chi connectivity index (χ2n) is 3.75. The number of nitrogens with one attached hydrogen (secondary N) is 1. The Balaban J connectivity index is 2.25. The fraction of sp³-hybridized carbons (Fsp3) is 0.250. The Bertz CT molecular complexity index is 560. The van der Waals surface area contributed by atoms with Gasteiger partial charge in [0.2, 0.25) is 0 Å².